The van der Waals surface area contributed by atoms with Crippen LogP contribution in [0.2, 0.25) is 0 Å². The molecule has 1 amide bonds. The fourth-order valence-corrected chi connectivity index (χ4v) is 3.54. The third kappa shape index (κ3) is 3.72. The van der Waals surface area contributed by atoms with Crippen molar-refractivity contribution < 1.29 is 9.18 Å². The average molecular weight is 462 g/mol. The van der Waals surface area contributed by atoms with Gasteiger partial charge in [-0.05, 0) is 53.5 Å². The number of rotatable bonds is 5. The number of halogens is 2. The van der Waals surface area contributed by atoms with E-state index in [1.165, 1.54) is 0 Å². The van der Waals surface area contributed by atoms with Gasteiger partial charge in [-0.15, -0.1) is 0 Å². The summed E-state index contributed by atoms with van der Waals surface area (Å²) in [5, 5.41) is 1.97. The Balaban J connectivity index is 2.14. The van der Waals surface area contributed by atoms with Crippen LogP contribution in [0.1, 0.15) is 23.8 Å². The van der Waals surface area contributed by atoms with Gasteiger partial charge >= 0.3 is 0 Å². The Morgan fingerprint density at radius 3 is 2.62 bits per heavy atom. The molecule has 0 fully saturated rings. The fraction of sp³-hybridized carbons (Fsp3) is 0.238. The third-order valence-electron chi connectivity index (χ3n) is 4.60. The number of carbonyl (C=O) groups is 1. The molecule has 0 spiro atoms. The lowest BCUT2D eigenvalue weighted by Crippen LogP contribution is -2.35. The van der Waals surface area contributed by atoms with Crippen LogP contribution in [0.15, 0.2) is 54.6 Å². The second-order valence-electron chi connectivity index (χ2n) is 6.30. The van der Waals surface area contributed by atoms with Crippen molar-refractivity contribution in [1.29, 1.82) is 0 Å². The molecule has 0 aliphatic carbocycles. The van der Waals surface area contributed by atoms with E-state index in [0.29, 0.717) is 12.1 Å². The van der Waals surface area contributed by atoms with Crippen LogP contribution in [-0.4, -0.2) is 35.6 Å². The van der Waals surface area contributed by atoms with Gasteiger partial charge in [0.25, 0.3) is 5.91 Å². The number of aromatic nitrogens is 1. The second kappa shape index (κ2) is 8.12. The lowest BCUT2D eigenvalue weighted by molar-refractivity contribution is 0.0727. The summed E-state index contributed by atoms with van der Waals surface area (Å²) in [5.74, 6) is -0.191. The molecule has 0 aliphatic rings. The van der Waals surface area contributed by atoms with Gasteiger partial charge in [-0.25, -0.2) is 4.98 Å². The molecule has 0 saturated heterocycles. The molecule has 3 aromatic rings. The van der Waals surface area contributed by atoms with Crippen LogP contribution < -0.4 is 0 Å². The molecule has 3 nitrogen and oxygen atoms in total. The Bertz CT molecular complexity index is 944. The van der Waals surface area contributed by atoms with Crippen LogP contribution in [0, 0.1) is 3.57 Å². The molecule has 5 heteroatoms. The van der Waals surface area contributed by atoms with E-state index in [1.807, 2.05) is 61.5 Å². The van der Waals surface area contributed by atoms with Gasteiger partial charge in [-0.1, -0.05) is 42.5 Å². The first-order chi connectivity index (χ1) is 12.5. The minimum absolute atomic E-state index is 0.180. The number of hydrogen-bond acceptors (Lipinski definition) is 2. The van der Waals surface area contributed by atoms with E-state index >= 15 is 0 Å². The first-order valence-electron chi connectivity index (χ1n) is 8.50. The molecule has 1 heterocycles. The number of amides is 1. The quantitative estimate of drug-likeness (QED) is 0.481. The van der Waals surface area contributed by atoms with Crippen LogP contribution in [0.25, 0.3) is 22.0 Å². The molecule has 0 radical (unpaired) electrons. The summed E-state index contributed by atoms with van der Waals surface area (Å²) in [6, 6.07) is 17.6. The van der Waals surface area contributed by atoms with Crippen molar-refractivity contribution in [3.63, 3.8) is 0 Å². The van der Waals surface area contributed by atoms with Crippen molar-refractivity contribution in [3.05, 3.63) is 63.9 Å². The highest BCUT2D eigenvalue weighted by Gasteiger charge is 2.21. The molecule has 134 valence electrons. The molecule has 0 saturated carbocycles. The van der Waals surface area contributed by atoms with Gasteiger partial charge in [0.15, 0.2) is 0 Å². The van der Waals surface area contributed by atoms with E-state index in [1.54, 1.807) is 11.9 Å². The molecule has 1 unspecified atom stereocenters. The van der Waals surface area contributed by atoms with Crippen LogP contribution in [0.3, 0.4) is 0 Å². The van der Waals surface area contributed by atoms with Crippen LogP contribution >= 0.6 is 22.6 Å². The fourth-order valence-electron chi connectivity index (χ4n) is 2.90. The van der Waals surface area contributed by atoms with Gasteiger partial charge in [0, 0.05) is 27.6 Å². The summed E-state index contributed by atoms with van der Waals surface area (Å²) < 4.78 is 13.7. The molecular formula is C21H20FIN2O. The van der Waals surface area contributed by atoms with Crippen molar-refractivity contribution in [3.8, 4) is 11.3 Å². The lowest BCUT2D eigenvalue weighted by Gasteiger charge is -2.24. The average Bonchev–Trinajstić information content (AvgIpc) is 2.66. The summed E-state index contributed by atoms with van der Waals surface area (Å²) in [6.45, 7) is 1.40. The first kappa shape index (κ1) is 18.8. The molecule has 0 N–H and O–H groups in total. The SMILES string of the molecule is CC(CCF)N(C)C(=O)c1cc2ccccc2c(-c2ccccc2I)n1. The molecule has 2 aromatic carbocycles. The smallest absolute Gasteiger partial charge is 0.272 e. The molecular weight excluding hydrogens is 442 g/mol. The van der Waals surface area contributed by atoms with Gasteiger partial charge in [0.05, 0.1) is 12.4 Å². The van der Waals surface area contributed by atoms with Gasteiger partial charge < -0.3 is 4.90 Å². The largest absolute Gasteiger partial charge is 0.338 e. The minimum atomic E-state index is -0.447. The van der Waals surface area contributed by atoms with E-state index in [9.17, 15) is 9.18 Å². The number of pyridine rings is 1. The standard InChI is InChI=1S/C21H20FIN2O/c1-14(11-12-22)25(2)21(26)19-13-15-7-3-4-8-16(15)20(24-19)17-9-5-6-10-18(17)23/h3-10,13-14H,11-12H2,1-2H3. The molecule has 0 bridgehead atoms. The Hall–Kier alpha value is -2.02. The predicted molar refractivity (Wildman–Crippen MR) is 112 cm³/mol. The number of carbonyl (C=O) groups excluding carboxylic acids is 1. The maximum atomic E-state index is 12.9. The van der Waals surface area contributed by atoms with Crippen LogP contribution in [0.4, 0.5) is 4.39 Å². The summed E-state index contributed by atoms with van der Waals surface area (Å²) in [7, 11) is 1.70. The van der Waals surface area contributed by atoms with E-state index < -0.39 is 6.67 Å². The molecule has 26 heavy (non-hydrogen) atoms. The highest BCUT2D eigenvalue weighted by atomic mass is 127. The summed E-state index contributed by atoms with van der Waals surface area (Å²) in [6.07, 6.45) is 0.319. The number of nitrogens with zero attached hydrogens (tertiary/aromatic N) is 2. The van der Waals surface area contributed by atoms with Crippen LogP contribution in [0.5, 0.6) is 0 Å². The Morgan fingerprint density at radius 1 is 1.19 bits per heavy atom. The molecule has 1 atom stereocenters. The van der Waals surface area contributed by atoms with Crippen molar-refractivity contribution in [2.75, 3.05) is 13.7 Å². The summed E-state index contributed by atoms with van der Waals surface area (Å²) >= 11 is 2.28. The molecule has 3 rings (SSSR count). The van der Waals surface area contributed by atoms with E-state index in [2.05, 4.69) is 22.6 Å². The maximum absolute atomic E-state index is 12.9. The minimum Gasteiger partial charge on any atom is -0.338 e. The molecule has 1 aromatic heterocycles. The van der Waals surface area contributed by atoms with E-state index in [0.717, 1.165) is 25.6 Å². The maximum Gasteiger partial charge on any atom is 0.272 e. The normalized spacial score (nSPS) is 12.2. The van der Waals surface area contributed by atoms with Gasteiger partial charge in [0.2, 0.25) is 0 Å². The van der Waals surface area contributed by atoms with Crippen LogP contribution in [-0.2, 0) is 0 Å². The zero-order valence-corrected chi connectivity index (χ0v) is 16.9. The predicted octanol–water partition coefficient (Wildman–Crippen LogP) is 5.33. The Kier molecular flexibility index (Phi) is 5.86. The molecule has 0 aliphatic heterocycles. The van der Waals surface area contributed by atoms with E-state index in [4.69, 9.17) is 4.98 Å². The number of alkyl halides is 1. The number of hydrogen-bond donors (Lipinski definition) is 0. The highest BCUT2D eigenvalue weighted by molar-refractivity contribution is 14.1. The lowest BCUT2D eigenvalue weighted by atomic mass is 10.0. The zero-order chi connectivity index (χ0) is 18.7. The number of benzene rings is 2. The topological polar surface area (TPSA) is 33.2 Å². The summed E-state index contributed by atoms with van der Waals surface area (Å²) in [4.78, 5) is 19.2. The Labute approximate surface area is 166 Å². The number of fused-ring (bicyclic) bond motifs is 1. The van der Waals surface area contributed by atoms with Crippen molar-refractivity contribution in [2.45, 2.75) is 19.4 Å². The monoisotopic (exact) mass is 462 g/mol. The van der Waals surface area contributed by atoms with Gasteiger partial charge in [-0.2, -0.15) is 0 Å². The van der Waals surface area contributed by atoms with Gasteiger partial charge in [-0.3, -0.25) is 9.18 Å². The first-order valence-corrected chi connectivity index (χ1v) is 9.58. The van der Waals surface area contributed by atoms with E-state index in [-0.39, 0.29) is 11.9 Å². The third-order valence-corrected chi connectivity index (χ3v) is 5.54. The highest BCUT2D eigenvalue weighted by Crippen LogP contribution is 2.31. The Morgan fingerprint density at radius 2 is 1.88 bits per heavy atom. The van der Waals surface area contributed by atoms with Crippen molar-refractivity contribution in [2.24, 2.45) is 0 Å². The summed E-state index contributed by atoms with van der Waals surface area (Å²) in [5.41, 5.74) is 2.17. The second-order valence-corrected chi connectivity index (χ2v) is 7.46. The van der Waals surface area contributed by atoms with Crippen molar-refractivity contribution in [1.82, 2.24) is 9.88 Å². The zero-order valence-electron chi connectivity index (χ0n) is 14.7. The van der Waals surface area contributed by atoms with Crippen molar-refractivity contribution >= 4 is 39.3 Å². The van der Waals surface area contributed by atoms with Gasteiger partial charge in [0.1, 0.15) is 5.69 Å².